The first-order chi connectivity index (χ1) is 18.5. The maximum Gasteiger partial charge on any atom is 0.294 e. The predicted molar refractivity (Wildman–Crippen MR) is 147 cm³/mol. The fraction of sp³-hybridized carbons (Fsp3) is 0.185. The molecule has 2 aliphatic heterocycles. The van der Waals surface area contributed by atoms with Gasteiger partial charge in [0.25, 0.3) is 11.1 Å². The van der Waals surface area contributed by atoms with Crippen LogP contribution in [0.2, 0.25) is 0 Å². The summed E-state index contributed by atoms with van der Waals surface area (Å²) in [7, 11) is 0. The third-order valence-electron chi connectivity index (χ3n) is 6.36. The molecule has 6 rings (SSSR count). The Morgan fingerprint density at radius 2 is 1.76 bits per heavy atom. The second-order valence-electron chi connectivity index (χ2n) is 8.79. The summed E-state index contributed by atoms with van der Waals surface area (Å²) in [5.41, 5.74) is 2.92. The molecule has 2 saturated heterocycles. The van der Waals surface area contributed by atoms with Gasteiger partial charge in [-0.05, 0) is 59.9 Å². The maximum atomic E-state index is 12.9. The number of hydrogen-bond acceptors (Lipinski definition) is 8. The van der Waals surface area contributed by atoms with Gasteiger partial charge in [-0.1, -0.05) is 30.3 Å². The Morgan fingerprint density at radius 3 is 2.55 bits per heavy atom. The van der Waals surface area contributed by atoms with E-state index in [1.807, 2.05) is 54.6 Å². The Morgan fingerprint density at radius 1 is 1.00 bits per heavy atom. The van der Waals surface area contributed by atoms with E-state index < -0.39 is 11.1 Å². The first-order valence-electron chi connectivity index (χ1n) is 12.1. The van der Waals surface area contributed by atoms with E-state index in [-0.39, 0.29) is 17.4 Å². The first-order valence-corrected chi connectivity index (χ1v) is 13.7. The number of amides is 3. The molecule has 0 radical (unpaired) electrons. The highest BCUT2D eigenvalue weighted by Crippen LogP contribution is 2.34. The number of rotatable bonds is 6. The van der Waals surface area contributed by atoms with Gasteiger partial charge in [0.15, 0.2) is 10.2 Å². The number of thioether (sulfide) groups is 1. The van der Waals surface area contributed by atoms with Gasteiger partial charge in [0, 0.05) is 37.9 Å². The number of imide groups is 1. The monoisotopic (exact) mass is 545 g/mol. The van der Waals surface area contributed by atoms with Crippen LogP contribution in [-0.2, 0) is 9.59 Å². The molecule has 0 atom stereocenters. The number of piperazine rings is 1. The molecule has 0 aliphatic carbocycles. The Kier molecular flexibility index (Phi) is 6.69. The normalized spacial score (nSPS) is 17.3. The number of furan rings is 1. The molecule has 192 valence electrons. The van der Waals surface area contributed by atoms with Crippen LogP contribution in [0.3, 0.4) is 0 Å². The largest absolute Gasteiger partial charge is 0.450 e. The van der Waals surface area contributed by atoms with Crippen LogP contribution in [0.15, 0.2) is 86.3 Å². The van der Waals surface area contributed by atoms with Crippen LogP contribution in [0.1, 0.15) is 5.76 Å². The molecule has 2 aromatic heterocycles. The summed E-state index contributed by atoms with van der Waals surface area (Å²) >= 11 is 2.14. The topological polar surface area (TPSA) is 103 Å². The third kappa shape index (κ3) is 5.07. The summed E-state index contributed by atoms with van der Waals surface area (Å²) in [6.45, 7) is 2.21. The minimum atomic E-state index is -0.487. The van der Waals surface area contributed by atoms with E-state index in [0.717, 1.165) is 33.4 Å². The van der Waals surface area contributed by atoms with Gasteiger partial charge < -0.3 is 19.2 Å². The highest BCUT2D eigenvalue weighted by atomic mass is 32.2. The van der Waals surface area contributed by atoms with Crippen molar-refractivity contribution in [3.8, 4) is 0 Å². The second-order valence-corrected chi connectivity index (χ2v) is 10.8. The highest BCUT2D eigenvalue weighted by Gasteiger charge is 2.37. The molecule has 11 heteroatoms. The van der Waals surface area contributed by atoms with Crippen LogP contribution in [0.4, 0.5) is 10.5 Å². The number of aromatic nitrogens is 2. The van der Waals surface area contributed by atoms with E-state index in [1.165, 1.54) is 17.8 Å². The minimum Gasteiger partial charge on any atom is -0.450 e. The molecule has 38 heavy (non-hydrogen) atoms. The van der Waals surface area contributed by atoms with Crippen molar-refractivity contribution >= 4 is 63.4 Å². The number of benzene rings is 2. The number of anilines is 1. The predicted octanol–water partition coefficient (Wildman–Crippen LogP) is 4.69. The van der Waals surface area contributed by atoms with Crippen molar-refractivity contribution in [1.82, 2.24) is 19.8 Å². The number of fused-ring (bicyclic) bond motifs is 1. The minimum absolute atomic E-state index is 0.228. The van der Waals surface area contributed by atoms with Gasteiger partial charge in [0.1, 0.15) is 12.3 Å². The summed E-state index contributed by atoms with van der Waals surface area (Å²) in [5, 5.41) is 0.829. The molecule has 4 heterocycles. The number of carbonyl (C=O) groups is 3. The van der Waals surface area contributed by atoms with Gasteiger partial charge in [-0.25, -0.2) is 4.98 Å². The van der Waals surface area contributed by atoms with Crippen molar-refractivity contribution in [2.24, 2.45) is 0 Å². The van der Waals surface area contributed by atoms with Crippen LogP contribution in [-0.4, -0.2) is 69.5 Å². The lowest BCUT2D eigenvalue weighted by Gasteiger charge is -2.36. The molecule has 2 aromatic carbocycles. The van der Waals surface area contributed by atoms with Gasteiger partial charge in [-0.3, -0.25) is 19.3 Å². The number of para-hydroxylation sites is 3. The maximum absolute atomic E-state index is 12.9. The molecule has 2 aliphatic rings. The van der Waals surface area contributed by atoms with Gasteiger partial charge in [-0.15, -0.1) is 0 Å². The number of hydrogen-bond donors (Lipinski definition) is 1. The molecule has 9 nitrogen and oxygen atoms in total. The standard InChI is InChI=1S/C27H23N5O4S2/c33-23(31-14-12-30(13-15-31)18-6-2-1-3-7-18)17-32-25(34)22(37-27(32)35)16-19-10-11-24(36-19)38-26-28-20-8-4-5-9-21(20)29-26/h1-11,16H,12-15,17H2,(H,28,29)/b22-16+. The van der Waals surface area contributed by atoms with Crippen molar-refractivity contribution in [2.45, 2.75) is 10.2 Å². The van der Waals surface area contributed by atoms with Crippen molar-refractivity contribution in [3.63, 3.8) is 0 Å². The van der Waals surface area contributed by atoms with E-state index in [2.05, 4.69) is 14.9 Å². The summed E-state index contributed by atoms with van der Waals surface area (Å²) in [5.74, 6) is -0.277. The molecule has 1 N–H and O–H groups in total. The zero-order valence-electron chi connectivity index (χ0n) is 20.2. The third-order valence-corrected chi connectivity index (χ3v) is 8.08. The Bertz CT molecular complexity index is 1510. The molecule has 0 saturated carbocycles. The van der Waals surface area contributed by atoms with Gasteiger partial charge in [0.05, 0.1) is 15.9 Å². The average Bonchev–Trinajstić information content (AvgIpc) is 3.63. The smallest absolute Gasteiger partial charge is 0.294 e. The Balaban J connectivity index is 1.06. The van der Waals surface area contributed by atoms with Crippen LogP contribution in [0.5, 0.6) is 0 Å². The molecular weight excluding hydrogens is 522 g/mol. The molecule has 0 bridgehead atoms. The quantitative estimate of drug-likeness (QED) is 0.348. The Labute approximate surface area is 226 Å². The lowest BCUT2D eigenvalue weighted by atomic mass is 10.2. The van der Waals surface area contributed by atoms with E-state index in [9.17, 15) is 14.4 Å². The van der Waals surface area contributed by atoms with Crippen LogP contribution < -0.4 is 4.90 Å². The molecule has 2 fully saturated rings. The molecule has 0 spiro atoms. The summed E-state index contributed by atoms with van der Waals surface area (Å²) in [4.78, 5) is 51.3. The van der Waals surface area contributed by atoms with E-state index in [0.29, 0.717) is 42.2 Å². The summed E-state index contributed by atoms with van der Waals surface area (Å²) < 4.78 is 5.84. The van der Waals surface area contributed by atoms with Gasteiger partial charge >= 0.3 is 0 Å². The zero-order valence-corrected chi connectivity index (χ0v) is 21.8. The number of imidazole rings is 1. The number of nitrogens with zero attached hydrogens (tertiary/aromatic N) is 4. The first kappa shape index (κ1) is 24.4. The number of carbonyl (C=O) groups excluding carboxylic acids is 3. The van der Waals surface area contributed by atoms with Crippen molar-refractivity contribution < 1.29 is 18.8 Å². The molecular formula is C27H23N5O4S2. The molecule has 0 unspecified atom stereocenters. The Hall–Kier alpha value is -3.96. The van der Waals surface area contributed by atoms with E-state index in [1.54, 1.807) is 17.0 Å². The fourth-order valence-corrected chi connectivity index (χ4v) is 5.98. The number of aromatic amines is 1. The van der Waals surface area contributed by atoms with Crippen molar-refractivity contribution in [2.75, 3.05) is 37.6 Å². The number of nitrogens with one attached hydrogen (secondary N) is 1. The van der Waals surface area contributed by atoms with Crippen molar-refractivity contribution in [1.29, 1.82) is 0 Å². The van der Waals surface area contributed by atoms with Gasteiger partial charge in [0.2, 0.25) is 5.91 Å². The number of H-pyrrole nitrogens is 1. The zero-order chi connectivity index (χ0) is 26.1. The molecule has 3 amide bonds. The van der Waals surface area contributed by atoms with E-state index >= 15 is 0 Å². The van der Waals surface area contributed by atoms with Crippen LogP contribution in [0.25, 0.3) is 17.1 Å². The summed E-state index contributed by atoms with van der Waals surface area (Å²) in [6, 6.07) is 21.3. The average molecular weight is 546 g/mol. The van der Waals surface area contributed by atoms with Crippen LogP contribution in [0, 0.1) is 0 Å². The van der Waals surface area contributed by atoms with Crippen molar-refractivity contribution in [3.05, 3.63) is 77.4 Å². The lowest BCUT2D eigenvalue weighted by molar-refractivity contribution is -0.136. The summed E-state index contributed by atoms with van der Waals surface area (Å²) in [6.07, 6.45) is 1.54. The SMILES string of the molecule is O=C(CN1C(=O)S/C(=C/c2ccc(Sc3nc4ccccc4[nH]3)o2)C1=O)N1CCN(c2ccccc2)CC1. The molecule has 4 aromatic rings. The highest BCUT2D eigenvalue weighted by molar-refractivity contribution is 8.18. The second kappa shape index (κ2) is 10.4. The fourth-order valence-electron chi connectivity index (χ4n) is 4.39. The van der Waals surface area contributed by atoms with E-state index in [4.69, 9.17) is 4.42 Å². The van der Waals surface area contributed by atoms with Crippen LogP contribution >= 0.6 is 23.5 Å². The lowest BCUT2D eigenvalue weighted by Crippen LogP contribution is -2.51. The van der Waals surface area contributed by atoms with Gasteiger partial charge in [-0.2, -0.15) is 0 Å².